The number of carbonyl (C=O) groups is 1. The van der Waals surface area contributed by atoms with Gasteiger partial charge in [-0.3, -0.25) is 9.48 Å². The van der Waals surface area contributed by atoms with Crippen LogP contribution in [0.2, 0.25) is 0 Å². The number of nitrogens with zero attached hydrogens (tertiary/aromatic N) is 3. The lowest BCUT2D eigenvalue weighted by Gasteiger charge is -2.27. The maximum Gasteiger partial charge on any atom is 0.136 e. The topological polar surface area (TPSA) is 38.1 Å². The van der Waals surface area contributed by atoms with Gasteiger partial charge in [-0.15, -0.1) is 0 Å². The number of ketones is 1. The number of anilines is 1. The highest BCUT2D eigenvalue weighted by atomic mass is 16.1. The molecular weight excluding hydrogens is 190 g/mol. The van der Waals surface area contributed by atoms with Crippen LogP contribution in [-0.2, 0) is 18.3 Å². The molecule has 0 amide bonds. The Kier molecular flexibility index (Phi) is 2.75. The molecule has 1 aromatic heterocycles. The summed E-state index contributed by atoms with van der Waals surface area (Å²) in [6.07, 6.45) is 4.35. The van der Waals surface area contributed by atoms with Crippen LogP contribution in [0.5, 0.6) is 0 Å². The van der Waals surface area contributed by atoms with Crippen molar-refractivity contribution >= 4 is 11.5 Å². The Morgan fingerprint density at radius 1 is 1.40 bits per heavy atom. The number of aromatic nitrogens is 2. The number of hydrogen-bond donors (Lipinski definition) is 0. The van der Waals surface area contributed by atoms with Gasteiger partial charge < -0.3 is 4.90 Å². The molecule has 0 saturated carbocycles. The standard InChI is InChI=1S/C11H17N3O/c1-3-10-11(8-13(2)12-10)14-6-4-9(15)5-7-14/h8H,3-7H2,1-2H3. The Morgan fingerprint density at radius 3 is 2.67 bits per heavy atom. The summed E-state index contributed by atoms with van der Waals surface area (Å²) >= 11 is 0. The summed E-state index contributed by atoms with van der Waals surface area (Å²) in [6.45, 7) is 3.80. The Morgan fingerprint density at radius 2 is 2.07 bits per heavy atom. The molecule has 0 spiro atoms. The predicted octanol–water partition coefficient (Wildman–Crippen LogP) is 1.15. The van der Waals surface area contributed by atoms with E-state index in [1.54, 1.807) is 0 Å². The molecule has 0 N–H and O–H groups in total. The van der Waals surface area contributed by atoms with Crippen molar-refractivity contribution in [3.8, 4) is 0 Å². The third-order valence-electron chi connectivity index (χ3n) is 2.88. The summed E-state index contributed by atoms with van der Waals surface area (Å²) in [5.74, 6) is 0.383. The minimum Gasteiger partial charge on any atom is -0.368 e. The molecule has 82 valence electrons. The van der Waals surface area contributed by atoms with Crippen LogP contribution in [-0.4, -0.2) is 28.7 Å². The quantitative estimate of drug-likeness (QED) is 0.730. The van der Waals surface area contributed by atoms with Crippen LogP contribution in [0.3, 0.4) is 0 Å². The molecule has 4 heteroatoms. The number of carbonyl (C=O) groups excluding carboxylic acids is 1. The van der Waals surface area contributed by atoms with Gasteiger partial charge in [0.1, 0.15) is 5.78 Å². The molecule has 1 aliphatic heterocycles. The maximum atomic E-state index is 11.2. The minimum absolute atomic E-state index is 0.383. The largest absolute Gasteiger partial charge is 0.368 e. The van der Waals surface area contributed by atoms with Gasteiger partial charge >= 0.3 is 0 Å². The first-order valence-corrected chi connectivity index (χ1v) is 5.50. The predicted molar refractivity (Wildman–Crippen MR) is 59.0 cm³/mol. The molecule has 1 aromatic rings. The lowest BCUT2D eigenvalue weighted by molar-refractivity contribution is -0.119. The van der Waals surface area contributed by atoms with Crippen molar-refractivity contribution in [1.82, 2.24) is 9.78 Å². The Balaban J connectivity index is 2.17. The molecule has 0 aliphatic carbocycles. The molecule has 0 bridgehead atoms. The monoisotopic (exact) mass is 207 g/mol. The molecule has 0 atom stereocenters. The molecule has 0 aromatic carbocycles. The highest BCUT2D eigenvalue weighted by molar-refractivity contribution is 5.81. The first kappa shape index (κ1) is 10.2. The molecule has 1 saturated heterocycles. The van der Waals surface area contributed by atoms with E-state index in [1.165, 1.54) is 5.69 Å². The lowest BCUT2D eigenvalue weighted by atomic mass is 10.1. The van der Waals surface area contributed by atoms with Crippen LogP contribution in [0.15, 0.2) is 6.20 Å². The average Bonchev–Trinajstić information content (AvgIpc) is 2.61. The van der Waals surface area contributed by atoms with Crippen molar-refractivity contribution in [2.45, 2.75) is 26.2 Å². The molecular formula is C11H17N3O. The Hall–Kier alpha value is -1.32. The summed E-state index contributed by atoms with van der Waals surface area (Å²) in [6, 6.07) is 0. The van der Waals surface area contributed by atoms with Gasteiger partial charge in [0.25, 0.3) is 0 Å². The summed E-state index contributed by atoms with van der Waals surface area (Å²) in [5.41, 5.74) is 2.33. The van der Waals surface area contributed by atoms with Gasteiger partial charge in [0.2, 0.25) is 0 Å². The Bertz CT molecular complexity index is 360. The second-order valence-electron chi connectivity index (χ2n) is 4.01. The van der Waals surface area contributed by atoms with E-state index in [0.29, 0.717) is 18.6 Å². The van der Waals surface area contributed by atoms with E-state index in [4.69, 9.17) is 0 Å². The van der Waals surface area contributed by atoms with Gasteiger partial charge in [-0.05, 0) is 6.42 Å². The van der Waals surface area contributed by atoms with Crippen LogP contribution in [0.25, 0.3) is 0 Å². The van der Waals surface area contributed by atoms with Gasteiger partial charge in [0.15, 0.2) is 0 Å². The van der Waals surface area contributed by atoms with Crippen molar-refractivity contribution in [3.63, 3.8) is 0 Å². The van der Waals surface area contributed by atoms with Gasteiger partial charge in [0.05, 0.1) is 11.4 Å². The summed E-state index contributed by atoms with van der Waals surface area (Å²) < 4.78 is 1.85. The minimum atomic E-state index is 0.383. The van der Waals surface area contributed by atoms with Gasteiger partial charge in [0, 0.05) is 39.2 Å². The van der Waals surface area contributed by atoms with Crippen LogP contribution >= 0.6 is 0 Å². The van der Waals surface area contributed by atoms with Crippen LogP contribution in [0, 0.1) is 0 Å². The number of Topliss-reactive ketones (excluding diaryl/α,β-unsaturated/α-hetero) is 1. The lowest BCUT2D eigenvalue weighted by Crippen LogP contribution is -2.34. The van der Waals surface area contributed by atoms with Crippen LogP contribution in [0.4, 0.5) is 5.69 Å². The van der Waals surface area contributed by atoms with Crippen molar-refractivity contribution in [3.05, 3.63) is 11.9 Å². The van der Waals surface area contributed by atoms with Crippen LogP contribution in [0.1, 0.15) is 25.5 Å². The van der Waals surface area contributed by atoms with E-state index in [9.17, 15) is 4.79 Å². The Labute approximate surface area is 89.9 Å². The van der Waals surface area contributed by atoms with Crippen LogP contribution < -0.4 is 4.90 Å². The molecule has 1 aliphatic rings. The fourth-order valence-electron chi connectivity index (χ4n) is 2.03. The molecule has 0 radical (unpaired) electrons. The summed E-state index contributed by atoms with van der Waals surface area (Å²) in [7, 11) is 1.94. The first-order valence-electron chi connectivity index (χ1n) is 5.50. The summed E-state index contributed by atoms with van der Waals surface area (Å²) in [4.78, 5) is 13.4. The SMILES string of the molecule is CCc1nn(C)cc1N1CCC(=O)CC1. The van der Waals surface area contributed by atoms with Gasteiger partial charge in [-0.2, -0.15) is 5.10 Å². The molecule has 4 nitrogen and oxygen atoms in total. The zero-order valence-electron chi connectivity index (χ0n) is 9.36. The van der Waals surface area contributed by atoms with E-state index < -0.39 is 0 Å². The number of aryl methyl sites for hydroxylation is 2. The summed E-state index contributed by atoms with van der Waals surface area (Å²) in [5, 5.41) is 4.41. The number of piperidine rings is 1. The smallest absolute Gasteiger partial charge is 0.136 e. The fourth-order valence-corrected chi connectivity index (χ4v) is 2.03. The zero-order chi connectivity index (χ0) is 10.8. The molecule has 15 heavy (non-hydrogen) atoms. The van der Waals surface area contributed by atoms with E-state index in [-0.39, 0.29) is 0 Å². The normalized spacial score (nSPS) is 17.2. The highest BCUT2D eigenvalue weighted by Crippen LogP contribution is 2.22. The maximum absolute atomic E-state index is 11.2. The van der Waals surface area contributed by atoms with Crippen molar-refractivity contribution in [2.24, 2.45) is 7.05 Å². The van der Waals surface area contributed by atoms with E-state index in [2.05, 4.69) is 23.1 Å². The second-order valence-corrected chi connectivity index (χ2v) is 4.01. The van der Waals surface area contributed by atoms with Gasteiger partial charge in [-0.1, -0.05) is 6.92 Å². The van der Waals surface area contributed by atoms with Crippen molar-refractivity contribution in [1.29, 1.82) is 0 Å². The van der Waals surface area contributed by atoms with Gasteiger partial charge in [-0.25, -0.2) is 0 Å². The van der Waals surface area contributed by atoms with E-state index in [0.717, 1.165) is 25.2 Å². The molecule has 0 unspecified atom stereocenters. The van der Waals surface area contributed by atoms with E-state index >= 15 is 0 Å². The fraction of sp³-hybridized carbons (Fsp3) is 0.636. The van der Waals surface area contributed by atoms with E-state index in [1.807, 2.05) is 11.7 Å². The first-order chi connectivity index (χ1) is 7.20. The number of rotatable bonds is 2. The highest BCUT2D eigenvalue weighted by Gasteiger charge is 2.19. The third-order valence-corrected chi connectivity index (χ3v) is 2.88. The van der Waals surface area contributed by atoms with Crippen molar-refractivity contribution < 1.29 is 4.79 Å². The number of hydrogen-bond acceptors (Lipinski definition) is 3. The third kappa shape index (κ3) is 2.03. The molecule has 1 fully saturated rings. The second kappa shape index (κ2) is 4.04. The average molecular weight is 207 g/mol. The zero-order valence-corrected chi connectivity index (χ0v) is 9.36. The molecule has 2 rings (SSSR count). The van der Waals surface area contributed by atoms with Crippen molar-refractivity contribution in [2.75, 3.05) is 18.0 Å². The molecule has 2 heterocycles.